The fourth-order valence-corrected chi connectivity index (χ4v) is 2.74. The zero-order chi connectivity index (χ0) is 13.2. The molecule has 19 heavy (non-hydrogen) atoms. The van der Waals surface area contributed by atoms with Gasteiger partial charge in [0.25, 0.3) is 0 Å². The van der Waals surface area contributed by atoms with E-state index in [2.05, 4.69) is 36.7 Å². The lowest BCUT2D eigenvalue weighted by molar-refractivity contribution is 0.181. The van der Waals surface area contributed by atoms with Crippen molar-refractivity contribution in [2.45, 2.75) is 18.6 Å². The van der Waals surface area contributed by atoms with Crippen molar-refractivity contribution in [3.63, 3.8) is 0 Å². The molecule has 0 radical (unpaired) electrons. The van der Waals surface area contributed by atoms with Gasteiger partial charge in [0.15, 0.2) is 0 Å². The van der Waals surface area contributed by atoms with Crippen molar-refractivity contribution >= 4 is 15.9 Å². The average molecular weight is 327 g/mol. The molecular weight excluding hydrogens is 312 g/mol. The minimum absolute atomic E-state index is 0.189. The SMILES string of the molecule is Cn1ncc(Br)c1CN[C@H]1COC[C@H]1n1ccnn1. The fraction of sp³-hybridized carbons (Fsp3) is 0.545. The van der Waals surface area contributed by atoms with Gasteiger partial charge < -0.3 is 10.1 Å². The number of nitrogens with zero attached hydrogens (tertiary/aromatic N) is 5. The highest BCUT2D eigenvalue weighted by molar-refractivity contribution is 9.10. The normalized spacial score (nSPS) is 23.1. The van der Waals surface area contributed by atoms with E-state index in [1.54, 1.807) is 12.4 Å². The molecule has 8 heteroatoms. The Bertz CT molecular complexity index is 520. The van der Waals surface area contributed by atoms with Crippen LogP contribution in [0.15, 0.2) is 23.1 Å². The van der Waals surface area contributed by atoms with Gasteiger partial charge in [-0.2, -0.15) is 5.10 Å². The maximum Gasteiger partial charge on any atom is 0.0945 e. The van der Waals surface area contributed by atoms with E-state index in [0.29, 0.717) is 13.2 Å². The molecule has 3 rings (SSSR count). The van der Waals surface area contributed by atoms with E-state index < -0.39 is 0 Å². The van der Waals surface area contributed by atoms with E-state index in [4.69, 9.17) is 4.74 Å². The zero-order valence-electron chi connectivity index (χ0n) is 10.5. The fourth-order valence-electron chi connectivity index (χ4n) is 2.26. The highest BCUT2D eigenvalue weighted by atomic mass is 79.9. The topological polar surface area (TPSA) is 69.8 Å². The van der Waals surface area contributed by atoms with Crippen molar-refractivity contribution in [2.75, 3.05) is 13.2 Å². The van der Waals surface area contributed by atoms with E-state index in [-0.39, 0.29) is 12.1 Å². The Morgan fingerprint density at radius 1 is 1.53 bits per heavy atom. The monoisotopic (exact) mass is 326 g/mol. The number of hydrogen-bond acceptors (Lipinski definition) is 5. The largest absolute Gasteiger partial charge is 0.377 e. The highest BCUT2D eigenvalue weighted by Gasteiger charge is 2.30. The second kappa shape index (κ2) is 5.40. The lowest BCUT2D eigenvalue weighted by Gasteiger charge is -2.19. The Labute approximate surface area is 119 Å². The van der Waals surface area contributed by atoms with Crippen LogP contribution in [0.5, 0.6) is 0 Å². The molecule has 2 aromatic heterocycles. The van der Waals surface area contributed by atoms with Crippen LogP contribution in [0, 0.1) is 0 Å². The van der Waals surface area contributed by atoms with Gasteiger partial charge in [-0.05, 0) is 15.9 Å². The first kappa shape index (κ1) is 12.8. The van der Waals surface area contributed by atoms with E-state index in [9.17, 15) is 0 Å². The first-order chi connectivity index (χ1) is 9.25. The molecule has 0 spiro atoms. The van der Waals surface area contributed by atoms with Gasteiger partial charge in [-0.15, -0.1) is 5.10 Å². The molecule has 0 bridgehead atoms. The maximum atomic E-state index is 5.54. The Morgan fingerprint density at radius 3 is 3.11 bits per heavy atom. The molecule has 0 aromatic carbocycles. The molecule has 0 amide bonds. The third-order valence-corrected chi connectivity index (χ3v) is 4.04. The molecule has 1 aliphatic rings. The van der Waals surface area contributed by atoms with E-state index in [1.165, 1.54) is 0 Å². The van der Waals surface area contributed by atoms with Crippen LogP contribution in [0.2, 0.25) is 0 Å². The van der Waals surface area contributed by atoms with Gasteiger partial charge in [0.05, 0.1) is 47.9 Å². The minimum atomic E-state index is 0.189. The lowest BCUT2D eigenvalue weighted by Crippen LogP contribution is -2.37. The van der Waals surface area contributed by atoms with Crippen LogP contribution in [0.3, 0.4) is 0 Å². The Balaban J connectivity index is 1.66. The van der Waals surface area contributed by atoms with Crippen molar-refractivity contribution in [1.29, 1.82) is 0 Å². The zero-order valence-corrected chi connectivity index (χ0v) is 12.1. The predicted molar refractivity (Wildman–Crippen MR) is 71.4 cm³/mol. The number of aryl methyl sites for hydroxylation is 1. The van der Waals surface area contributed by atoms with E-state index >= 15 is 0 Å². The lowest BCUT2D eigenvalue weighted by atomic mass is 10.1. The maximum absolute atomic E-state index is 5.54. The number of ether oxygens (including phenoxy) is 1. The van der Waals surface area contributed by atoms with Crippen molar-refractivity contribution < 1.29 is 4.74 Å². The molecule has 1 saturated heterocycles. The molecule has 1 fully saturated rings. The van der Waals surface area contributed by atoms with Gasteiger partial charge in [0.2, 0.25) is 0 Å². The van der Waals surface area contributed by atoms with Crippen molar-refractivity contribution in [3.05, 3.63) is 28.8 Å². The Hall–Kier alpha value is -1.25. The first-order valence-corrected chi connectivity index (χ1v) is 6.88. The first-order valence-electron chi connectivity index (χ1n) is 6.09. The molecular formula is C11H15BrN6O. The quantitative estimate of drug-likeness (QED) is 0.886. The molecule has 0 aliphatic carbocycles. The smallest absolute Gasteiger partial charge is 0.0945 e. The molecule has 0 unspecified atom stereocenters. The minimum Gasteiger partial charge on any atom is -0.377 e. The van der Waals surface area contributed by atoms with Crippen LogP contribution in [-0.2, 0) is 18.3 Å². The van der Waals surface area contributed by atoms with Gasteiger partial charge in [-0.1, -0.05) is 5.21 Å². The summed E-state index contributed by atoms with van der Waals surface area (Å²) < 4.78 is 10.3. The van der Waals surface area contributed by atoms with Crippen LogP contribution in [0.4, 0.5) is 0 Å². The summed E-state index contributed by atoms with van der Waals surface area (Å²) in [6, 6.07) is 0.415. The number of nitrogens with one attached hydrogen (secondary N) is 1. The second-order valence-electron chi connectivity index (χ2n) is 4.54. The number of rotatable bonds is 4. The van der Waals surface area contributed by atoms with Crippen molar-refractivity contribution in [3.8, 4) is 0 Å². The summed E-state index contributed by atoms with van der Waals surface area (Å²) >= 11 is 3.50. The third kappa shape index (κ3) is 2.56. The molecule has 3 heterocycles. The van der Waals surface area contributed by atoms with Crippen molar-refractivity contribution in [1.82, 2.24) is 30.1 Å². The van der Waals surface area contributed by atoms with Crippen LogP contribution in [0.25, 0.3) is 0 Å². The second-order valence-corrected chi connectivity index (χ2v) is 5.39. The highest BCUT2D eigenvalue weighted by Crippen LogP contribution is 2.20. The average Bonchev–Trinajstić information content (AvgIpc) is 3.09. The summed E-state index contributed by atoms with van der Waals surface area (Å²) in [5.74, 6) is 0. The summed E-state index contributed by atoms with van der Waals surface area (Å²) in [7, 11) is 1.93. The summed E-state index contributed by atoms with van der Waals surface area (Å²) in [6.45, 7) is 2.07. The summed E-state index contributed by atoms with van der Waals surface area (Å²) in [4.78, 5) is 0. The van der Waals surface area contributed by atoms with Gasteiger partial charge in [-0.3, -0.25) is 4.68 Å². The number of aromatic nitrogens is 5. The van der Waals surface area contributed by atoms with E-state index in [1.807, 2.05) is 22.6 Å². The van der Waals surface area contributed by atoms with Gasteiger partial charge >= 0.3 is 0 Å². The van der Waals surface area contributed by atoms with Crippen LogP contribution >= 0.6 is 15.9 Å². The van der Waals surface area contributed by atoms with Crippen LogP contribution < -0.4 is 5.32 Å². The van der Waals surface area contributed by atoms with Crippen molar-refractivity contribution in [2.24, 2.45) is 7.05 Å². The standard InChI is InChI=1S/C11H15BrN6O/c1-17-10(8(12)4-15-17)5-13-9-6-19-7-11(9)18-3-2-14-16-18/h2-4,9,11,13H,5-7H2,1H3/t9-,11+/m0/s1. The molecule has 1 aliphatic heterocycles. The van der Waals surface area contributed by atoms with Gasteiger partial charge in [-0.25, -0.2) is 4.68 Å². The molecule has 102 valence electrons. The Kier molecular flexibility index (Phi) is 3.63. The third-order valence-electron chi connectivity index (χ3n) is 3.37. The van der Waals surface area contributed by atoms with Gasteiger partial charge in [0, 0.05) is 19.8 Å². The molecule has 0 saturated carbocycles. The Morgan fingerprint density at radius 2 is 2.42 bits per heavy atom. The molecule has 7 nitrogen and oxygen atoms in total. The summed E-state index contributed by atoms with van der Waals surface area (Å²) in [5.41, 5.74) is 1.12. The predicted octanol–water partition coefficient (Wildman–Crippen LogP) is 0.504. The summed E-state index contributed by atoms with van der Waals surface area (Å²) in [6.07, 6.45) is 5.36. The molecule has 2 atom stereocenters. The van der Waals surface area contributed by atoms with Crippen LogP contribution in [0.1, 0.15) is 11.7 Å². The summed E-state index contributed by atoms with van der Waals surface area (Å²) in [5, 5.41) is 15.6. The number of hydrogen-bond donors (Lipinski definition) is 1. The molecule has 2 aromatic rings. The van der Waals surface area contributed by atoms with Crippen LogP contribution in [-0.4, -0.2) is 44.0 Å². The number of halogens is 1. The van der Waals surface area contributed by atoms with Gasteiger partial charge in [0.1, 0.15) is 0 Å². The molecule has 1 N–H and O–H groups in total. The van der Waals surface area contributed by atoms with E-state index in [0.717, 1.165) is 16.7 Å².